The van der Waals surface area contributed by atoms with Crippen LogP contribution in [0.25, 0.3) is 0 Å². The molecule has 0 aliphatic carbocycles. The average molecular weight is 306 g/mol. The first-order valence-corrected chi connectivity index (χ1v) is 8.12. The zero-order chi connectivity index (χ0) is 15.3. The van der Waals surface area contributed by atoms with Crippen molar-refractivity contribution in [3.63, 3.8) is 0 Å². The molecule has 0 atom stereocenters. The predicted molar refractivity (Wildman–Crippen MR) is 81.3 cm³/mol. The van der Waals surface area contributed by atoms with Gasteiger partial charge in [-0.25, -0.2) is 0 Å². The third kappa shape index (κ3) is 4.58. The van der Waals surface area contributed by atoms with Gasteiger partial charge in [0.15, 0.2) is 0 Å². The summed E-state index contributed by atoms with van der Waals surface area (Å²) in [6.07, 6.45) is 2.78. The van der Waals surface area contributed by atoms with E-state index in [2.05, 4.69) is 0 Å². The van der Waals surface area contributed by atoms with E-state index in [1.165, 1.54) is 17.7 Å². The summed E-state index contributed by atoms with van der Waals surface area (Å²) in [6.45, 7) is 0. The normalized spacial score (nSPS) is 11.3. The summed E-state index contributed by atoms with van der Waals surface area (Å²) in [6, 6.07) is 14.3. The zero-order valence-corrected chi connectivity index (χ0v) is 12.6. The Morgan fingerprint density at radius 2 is 1.38 bits per heavy atom. The smallest absolute Gasteiger partial charge is 0.294 e. The molecule has 0 saturated carbocycles. The maximum Gasteiger partial charge on any atom is 0.294 e. The van der Waals surface area contributed by atoms with E-state index in [9.17, 15) is 8.42 Å². The first-order chi connectivity index (χ1) is 9.99. The molecule has 2 aromatic rings. The quantitative estimate of drug-likeness (QED) is 0.833. The number of hydrogen-bond donors (Lipinski definition) is 1. The van der Waals surface area contributed by atoms with Crippen LogP contribution >= 0.6 is 0 Å². The Bertz CT molecular complexity index is 673. The van der Waals surface area contributed by atoms with Crippen molar-refractivity contribution < 1.29 is 17.7 Å². The van der Waals surface area contributed by atoms with Gasteiger partial charge in [0.05, 0.1) is 12.0 Å². The highest BCUT2D eigenvalue weighted by molar-refractivity contribution is 7.85. The highest BCUT2D eigenvalue weighted by Gasteiger charge is 2.08. The molecule has 0 bridgehead atoms. The molecule has 0 aliphatic heterocycles. The Balaban J connectivity index is 1.88. The van der Waals surface area contributed by atoms with Crippen molar-refractivity contribution in [2.45, 2.75) is 24.2 Å². The Hall–Kier alpha value is -1.85. The molecule has 0 saturated heterocycles. The number of ether oxygens (including phenoxy) is 1. The molecule has 5 heteroatoms. The largest absolute Gasteiger partial charge is 0.497 e. The molecular formula is C16H18O4S. The monoisotopic (exact) mass is 306 g/mol. The number of methoxy groups -OCH3 is 1. The fourth-order valence-corrected chi connectivity index (χ4v) is 2.60. The fraction of sp³-hybridized carbons (Fsp3) is 0.250. The Kier molecular flexibility index (Phi) is 4.98. The second-order valence-corrected chi connectivity index (χ2v) is 6.24. The van der Waals surface area contributed by atoms with Gasteiger partial charge >= 0.3 is 0 Å². The van der Waals surface area contributed by atoms with Crippen molar-refractivity contribution in [2.24, 2.45) is 0 Å². The summed E-state index contributed by atoms with van der Waals surface area (Å²) in [5, 5.41) is 0. The van der Waals surface area contributed by atoms with Crippen molar-refractivity contribution in [3.8, 4) is 5.75 Å². The first-order valence-electron chi connectivity index (χ1n) is 6.68. The minimum atomic E-state index is -4.10. The van der Waals surface area contributed by atoms with Gasteiger partial charge in [-0.05, 0) is 54.7 Å². The molecule has 0 radical (unpaired) electrons. The van der Waals surface area contributed by atoms with E-state index < -0.39 is 10.1 Å². The predicted octanol–water partition coefficient (Wildman–Crippen LogP) is 3.12. The molecule has 0 unspecified atom stereocenters. The van der Waals surface area contributed by atoms with Gasteiger partial charge in [-0.3, -0.25) is 4.55 Å². The van der Waals surface area contributed by atoms with E-state index >= 15 is 0 Å². The van der Waals surface area contributed by atoms with Crippen molar-refractivity contribution in [3.05, 3.63) is 59.7 Å². The van der Waals surface area contributed by atoms with E-state index in [0.717, 1.165) is 30.6 Å². The third-order valence-corrected chi connectivity index (χ3v) is 4.18. The van der Waals surface area contributed by atoms with Crippen molar-refractivity contribution >= 4 is 10.1 Å². The molecule has 4 nitrogen and oxygen atoms in total. The summed E-state index contributed by atoms with van der Waals surface area (Å²) in [5.74, 6) is 0.847. The van der Waals surface area contributed by atoms with E-state index in [4.69, 9.17) is 9.29 Å². The lowest BCUT2D eigenvalue weighted by Crippen LogP contribution is -1.98. The summed E-state index contributed by atoms with van der Waals surface area (Å²) in [7, 11) is -2.46. The molecule has 112 valence electrons. The lowest BCUT2D eigenvalue weighted by molar-refractivity contribution is 0.414. The number of rotatable bonds is 6. The van der Waals surface area contributed by atoms with Crippen LogP contribution < -0.4 is 4.74 Å². The number of hydrogen-bond acceptors (Lipinski definition) is 3. The van der Waals surface area contributed by atoms with E-state index in [0.29, 0.717) is 0 Å². The second kappa shape index (κ2) is 6.74. The van der Waals surface area contributed by atoms with E-state index in [1.54, 1.807) is 19.2 Å². The molecule has 0 aromatic heterocycles. The highest BCUT2D eigenvalue weighted by Crippen LogP contribution is 2.15. The minimum absolute atomic E-state index is 0.0681. The standard InChI is InChI=1S/C16H18O4S/c1-20-15-9-5-13(6-10-15)3-2-4-14-7-11-16(12-8-14)21(17,18)19/h5-12H,2-4H2,1H3,(H,17,18,19). The molecule has 2 rings (SSSR count). The number of aryl methyl sites for hydroxylation is 2. The SMILES string of the molecule is COc1ccc(CCCc2ccc(S(=O)(=O)O)cc2)cc1. The van der Waals surface area contributed by atoms with Crippen molar-refractivity contribution in [1.82, 2.24) is 0 Å². The van der Waals surface area contributed by atoms with Crippen LogP contribution in [-0.2, 0) is 23.0 Å². The maximum absolute atomic E-state index is 10.9. The van der Waals surface area contributed by atoms with Crippen LogP contribution in [0, 0.1) is 0 Å². The summed E-state index contributed by atoms with van der Waals surface area (Å²) in [4.78, 5) is -0.0681. The van der Waals surface area contributed by atoms with Crippen LogP contribution in [0.5, 0.6) is 5.75 Å². The van der Waals surface area contributed by atoms with E-state index in [1.807, 2.05) is 24.3 Å². The lowest BCUT2D eigenvalue weighted by atomic mass is 10.0. The van der Waals surface area contributed by atoms with E-state index in [-0.39, 0.29) is 4.90 Å². The van der Waals surface area contributed by atoms with Crippen LogP contribution in [0.1, 0.15) is 17.5 Å². The summed E-state index contributed by atoms with van der Waals surface area (Å²) in [5.41, 5.74) is 2.29. The molecule has 2 aromatic carbocycles. The van der Waals surface area contributed by atoms with Crippen LogP contribution in [-0.4, -0.2) is 20.1 Å². The van der Waals surface area contributed by atoms with Crippen LogP contribution in [0.2, 0.25) is 0 Å². The maximum atomic E-state index is 10.9. The molecule has 1 N–H and O–H groups in total. The average Bonchev–Trinajstić information content (AvgIpc) is 2.47. The molecule has 21 heavy (non-hydrogen) atoms. The van der Waals surface area contributed by atoms with Gasteiger partial charge in [-0.2, -0.15) is 8.42 Å². The lowest BCUT2D eigenvalue weighted by Gasteiger charge is -2.05. The fourth-order valence-electron chi connectivity index (χ4n) is 2.12. The Morgan fingerprint density at radius 3 is 1.81 bits per heavy atom. The number of benzene rings is 2. The van der Waals surface area contributed by atoms with Crippen molar-refractivity contribution in [1.29, 1.82) is 0 Å². The summed E-state index contributed by atoms with van der Waals surface area (Å²) >= 11 is 0. The topological polar surface area (TPSA) is 63.6 Å². The van der Waals surface area contributed by atoms with Gasteiger partial charge in [0.25, 0.3) is 10.1 Å². The Labute approximate surface area is 125 Å². The van der Waals surface area contributed by atoms with Crippen LogP contribution in [0.4, 0.5) is 0 Å². The van der Waals surface area contributed by atoms with Gasteiger partial charge in [0.2, 0.25) is 0 Å². The van der Waals surface area contributed by atoms with Crippen LogP contribution in [0.15, 0.2) is 53.4 Å². The van der Waals surface area contributed by atoms with Crippen molar-refractivity contribution in [2.75, 3.05) is 7.11 Å². The van der Waals surface area contributed by atoms with Gasteiger partial charge in [0, 0.05) is 0 Å². The molecular weight excluding hydrogens is 288 g/mol. The first kappa shape index (κ1) is 15.5. The molecule has 0 aliphatic rings. The summed E-state index contributed by atoms with van der Waals surface area (Å²) < 4.78 is 35.9. The minimum Gasteiger partial charge on any atom is -0.497 e. The van der Waals surface area contributed by atoms with Crippen LogP contribution in [0.3, 0.4) is 0 Å². The zero-order valence-electron chi connectivity index (χ0n) is 11.8. The van der Waals surface area contributed by atoms with Gasteiger partial charge in [-0.1, -0.05) is 24.3 Å². The molecule has 0 fully saturated rings. The van der Waals surface area contributed by atoms with Gasteiger partial charge in [0.1, 0.15) is 5.75 Å². The third-order valence-electron chi connectivity index (χ3n) is 3.31. The molecule has 0 heterocycles. The van der Waals surface area contributed by atoms with Gasteiger partial charge < -0.3 is 4.74 Å². The second-order valence-electron chi connectivity index (χ2n) is 4.82. The van der Waals surface area contributed by atoms with Gasteiger partial charge in [-0.15, -0.1) is 0 Å². The molecule has 0 spiro atoms. The highest BCUT2D eigenvalue weighted by atomic mass is 32.2. The Morgan fingerprint density at radius 1 is 0.905 bits per heavy atom. The molecule has 0 amide bonds.